The maximum atomic E-state index is 6.18. The molecule has 1 nitrogen and oxygen atoms in total. The lowest BCUT2D eigenvalue weighted by atomic mass is 10.1. The van der Waals surface area contributed by atoms with Gasteiger partial charge in [-0.25, -0.2) is 0 Å². The van der Waals surface area contributed by atoms with Crippen LogP contribution in [-0.4, -0.2) is 17.5 Å². The molecule has 0 radical (unpaired) electrons. The minimum Gasteiger partial charge on any atom is -0.380 e. The molecule has 1 heterocycles. The molecule has 0 aliphatic carbocycles. The zero-order valence-electron chi connectivity index (χ0n) is 8.92. The number of aryl methyl sites for hydroxylation is 1. The molecule has 0 spiro atoms. The monoisotopic (exact) mass is 241 g/mol. The number of hydrogen-bond acceptors (Lipinski definition) is 2. The summed E-state index contributed by atoms with van der Waals surface area (Å²) in [7, 11) is 0. The summed E-state index contributed by atoms with van der Waals surface area (Å²) in [6.45, 7) is 2.10. The normalized spacial score (nSPS) is 21.3. The van der Waals surface area contributed by atoms with Crippen LogP contribution in [0.2, 0.25) is 5.02 Å². The maximum absolute atomic E-state index is 6.18. The number of benzene rings is 1. The molecule has 1 atom stereocenters. The van der Waals surface area contributed by atoms with E-state index in [0.717, 1.165) is 10.7 Å². The van der Waals surface area contributed by atoms with Crippen molar-refractivity contribution in [3.05, 3.63) is 28.8 Å². The third-order valence-electron chi connectivity index (χ3n) is 2.73. The van der Waals surface area contributed by atoms with Crippen LogP contribution < -0.4 is 5.32 Å². The molecule has 0 amide bonds. The highest BCUT2D eigenvalue weighted by atomic mass is 35.5. The molecule has 0 saturated carbocycles. The Morgan fingerprint density at radius 3 is 3.00 bits per heavy atom. The minimum atomic E-state index is 0.586. The molecule has 82 valence electrons. The van der Waals surface area contributed by atoms with Crippen LogP contribution >= 0.6 is 23.4 Å². The number of hydrogen-bond donors (Lipinski definition) is 1. The van der Waals surface area contributed by atoms with Crippen LogP contribution in [0.3, 0.4) is 0 Å². The quantitative estimate of drug-likeness (QED) is 0.841. The summed E-state index contributed by atoms with van der Waals surface area (Å²) in [5.74, 6) is 2.50. The van der Waals surface area contributed by atoms with Gasteiger partial charge in [0.25, 0.3) is 0 Å². The van der Waals surface area contributed by atoms with Gasteiger partial charge in [0.2, 0.25) is 0 Å². The summed E-state index contributed by atoms with van der Waals surface area (Å²) in [6.07, 6.45) is 2.57. The standard InChI is InChI=1S/C12H16ClNS/c1-9-4-2-6-11(13)12(9)14-10-5-3-7-15-8-10/h2,4,6,10,14H,3,5,7-8H2,1H3. The largest absolute Gasteiger partial charge is 0.380 e. The highest BCUT2D eigenvalue weighted by Gasteiger charge is 2.15. The lowest BCUT2D eigenvalue weighted by Crippen LogP contribution is -2.26. The smallest absolute Gasteiger partial charge is 0.0640 e. The fourth-order valence-electron chi connectivity index (χ4n) is 1.87. The molecule has 2 rings (SSSR count). The zero-order valence-corrected chi connectivity index (χ0v) is 10.5. The maximum Gasteiger partial charge on any atom is 0.0640 e. The zero-order chi connectivity index (χ0) is 10.7. The van der Waals surface area contributed by atoms with E-state index in [2.05, 4.69) is 18.3 Å². The predicted molar refractivity (Wildman–Crippen MR) is 70.2 cm³/mol. The van der Waals surface area contributed by atoms with Crippen molar-refractivity contribution >= 4 is 29.1 Å². The van der Waals surface area contributed by atoms with E-state index in [9.17, 15) is 0 Å². The number of rotatable bonds is 2. The lowest BCUT2D eigenvalue weighted by Gasteiger charge is -2.25. The second-order valence-corrected chi connectivity index (χ2v) is 5.55. The van der Waals surface area contributed by atoms with Crippen molar-refractivity contribution in [3.8, 4) is 0 Å². The summed E-state index contributed by atoms with van der Waals surface area (Å²) < 4.78 is 0. The molecule has 15 heavy (non-hydrogen) atoms. The number of halogens is 1. The van der Waals surface area contributed by atoms with Crippen LogP contribution in [0.25, 0.3) is 0 Å². The molecule has 0 aromatic heterocycles. The Bertz CT molecular complexity index is 314. The molecule has 1 aromatic rings. The van der Waals surface area contributed by atoms with E-state index in [4.69, 9.17) is 11.6 Å². The molecule has 1 N–H and O–H groups in total. The molecule has 1 fully saturated rings. The molecule has 1 aromatic carbocycles. The van der Waals surface area contributed by atoms with Gasteiger partial charge in [-0.15, -0.1) is 0 Å². The van der Waals surface area contributed by atoms with Gasteiger partial charge in [0.1, 0.15) is 0 Å². The Kier molecular flexibility index (Phi) is 3.81. The Balaban J connectivity index is 2.09. The van der Waals surface area contributed by atoms with Crippen molar-refractivity contribution < 1.29 is 0 Å². The van der Waals surface area contributed by atoms with Crippen molar-refractivity contribution in [3.63, 3.8) is 0 Å². The number of anilines is 1. The second kappa shape index (κ2) is 5.13. The summed E-state index contributed by atoms with van der Waals surface area (Å²) >= 11 is 8.21. The first kappa shape index (κ1) is 11.2. The van der Waals surface area contributed by atoms with Crippen molar-refractivity contribution in [2.24, 2.45) is 0 Å². The van der Waals surface area contributed by atoms with Gasteiger partial charge >= 0.3 is 0 Å². The average Bonchev–Trinajstić information content (AvgIpc) is 2.25. The fraction of sp³-hybridized carbons (Fsp3) is 0.500. The Morgan fingerprint density at radius 1 is 1.47 bits per heavy atom. The fourth-order valence-corrected chi connectivity index (χ4v) is 3.22. The van der Waals surface area contributed by atoms with E-state index in [1.54, 1.807) is 0 Å². The van der Waals surface area contributed by atoms with Crippen LogP contribution in [0.4, 0.5) is 5.69 Å². The highest BCUT2D eigenvalue weighted by molar-refractivity contribution is 7.99. The number of thioether (sulfide) groups is 1. The van der Waals surface area contributed by atoms with Crippen LogP contribution in [0.1, 0.15) is 18.4 Å². The van der Waals surface area contributed by atoms with E-state index < -0.39 is 0 Å². The van der Waals surface area contributed by atoms with Crippen molar-refractivity contribution in [2.45, 2.75) is 25.8 Å². The van der Waals surface area contributed by atoms with E-state index in [1.165, 1.54) is 29.9 Å². The summed E-state index contributed by atoms with van der Waals surface area (Å²) in [5.41, 5.74) is 2.35. The molecule has 1 aliphatic rings. The van der Waals surface area contributed by atoms with Crippen molar-refractivity contribution in [1.29, 1.82) is 0 Å². The predicted octanol–water partition coefficient (Wildman–Crippen LogP) is 3.96. The molecular formula is C12H16ClNS. The summed E-state index contributed by atoms with van der Waals surface area (Å²) in [4.78, 5) is 0. The van der Waals surface area contributed by atoms with Crippen LogP contribution in [-0.2, 0) is 0 Å². The Morgan fingerprint density at radius 2 is 2.33 bits per heavy atom. The number of nitrogens with one attached hydrogen (secondary N) is 1. The van der Waals surface area contributed by atoms with Crippen molar-refractivity contribution in [1.82, 2.24) is 0 Å². The van der Waals surface area contributed by atoms with Crippen LogP contribution in [0.15, 0.2) is 18.2 Å². The third kappa shape index (κ3) is 2.82. The molecular weight excluding hydrogens is 226 g/mol. The average molecular weight is 242 g/mol. The minimum absolute atomic E-state index is 0.586. The number of para-hydroxylation sites is 1. The van der Waals surface area contributed by atoms with E-state index in [0.29, 0.717) is 6.04 Å². The van der Waals surface area contributed by atoms with Crippen molar-refractivity contribution in [2.75, 3.05) is 16.8 Å². The van der Waals surface area contributed by atoms with Crippen LogP contribution in [0.5, 0.6) is 0 Å². The van der Waals surface area contributed by atoms with E-state index in [-0.39, 0.29) is 0 Å². The highest BCUT2D eigenvalue weighted by Crippen LogP contribution is 2.28. The first-order valence-corrected chi connectivity index (χ1v) is 6.90. The van der Waals surface area contributed by atoms with Crippen LogP contribution in [0, 0.1) is 6.92 Å². The van der Waals surface area contributed by atoms with Gasteiger partial charge < -0.3 is 5.32 Å². The van der Waals surface area contributed by atoms with E-state index in [1.807, 2.05) is 23.9 Å². The first-order valence-electron chi connectivity index (χ1n) is 5.37. The summed E-state index contributed by atoms with van der Waals surface area (Å²) in [5, 5.41) is 4.40. The van der Waals surface area contributed by atoms with Gasteiger partial charge in [0.15, 0.2) is 0 Å². The molecule has 1 unspecified atom stereocenters. The molecule has 1 aliphatic heterocycles. The van der Waals surface area contributed by atoms with Gasteiger partial charge in [0.05, 0.1) is 10.7 Å². The lowest BCUT2D eigenvalue weighted by molar-refractivity contribution is 0.684. The van der Waals surface area contributed by atoms with Gasteiger partial charge in [-0.1, -0.05) is 23.7 Å². The molecule has 1 saturated heterocycles. The summed E-state index contributed by atoms with van der Waals surface area (Å²) in [6, 6.07) is 6.64. The SMILES string of the molecule is Cc1cccc(Cl)c1NC1CCCSC1. The van der Waals surface area contributed by atoms with Gasteiger partial charge in [-0.05, 0) is 37.1 Å². The van der Waals surface area contributed by atoms with Gasteiger partial charge in [-0.3, -0.25) is 0 Å². The second-order valence-electron chi connectivity index (χ2n) is 3.99. The third-order valence-corrected chi connectivity index (χ3v) is 4.26. The van der Waals surface area contributed by atoms with Gasteiger partial charge in [-0.2, -0.15) is 11.8 Å². The topological polar surface area (TPSA) is 12.0 Å². The Hall–Kier alpha value is -0.340. The Labute approximate surface area is 101 Å². The van der Waals surface area contributed by atoms with E-state index >= 15 is 0 Å². The molecule has 0 bridgehead atoms. The molecule has 3 heteroatoms. The first-order chi connectivity index (χ1) is 7.27. The van der Waals surface area contributed by atoms with Gasteiger partial charge in [0, 0.05) is 11.8 Å².